The molecule has 1 fully saturated rings. The number of fused-ring (bicyclic) bond motifs is 1. The van der Waals surface area contributed by atoms with Crippen LogP contribution in [0.2, 0.25) is 5.02 Å². The molecule has 5 aromatic rings. The average Bonchev–Trinajstić information content (AvgIpc) is 3.78. The minimum Gasteiger partial charge on any atom is -0.493 e. The Kier molecular flexibility index (Phi) is 10.7. The second-order valence-electron chi connectivity index (χ2n) is 12.3. The smallest absolute Gasteiger partial charge is 0.417 e. The molecule has 0 saturated carbocycles. The van der Waals surface area contributed by atoms with Gasteiger partial charge in [0.05, 0.1) is 22.7 Å². The largest absolute Gasteiger partial charge is 0.493 e. The van der Waals surface area contributed by atoms with Gasteiger partial charge >= 0.3 is 6.18 Å². The van der Waals surface area contributed by atoms with E-state index in [1.165, 1.54) is 6.07 Å². The number of nitrogens with zero attached hydrogens (tertiary/aromatic N) is 3. The van der Waals surface area contributed by atoms with Gasteiger partial charge in [0.15, 0.2) is 0 Å². The van der Waals surface area contributed by atoms with Gasteiger partial charge in [-0.25, -0.2) is 0 Å². The lowest BCUT2D eigenvalue weighted by Gasteiger charge is -2.29. The van der Waals surface area contributed by atoms with Gasteiger partial charge in [0, 0.05) is 50.2 Å². The molecule has 0 bridgehead atoms. The van der Waals surface area contributed by atoms with Gasteiger partial charge in [-0.1, -0.05) is 90.5 Å². The number of likely N-dealkylation sites (tertiary alicyclic amines) is 1. The first-order valence-corrected chi connectivity index (χ1v) is 16.8. The monoisotopic (exact) mass is 673 g/mol. The van der Waals surface area contributed by atoms with Crippen LogP contribution in [0.5, 0.6) is 5.75 Å². The molecule has 2 heterocycles. The third-order valence-electron chi connectivity index (χ3n) is 9.04. The molecule has 0 aliphatic carbocycles. The molecular formula is C39H39ClF3N3O2. The fourth-order valence-electron chi connectivity index (χ4n) is 6.57. The van der Waals surface area contributed by atoms with Crippen LogP contribution >= 0.6 is 11.6 Å². The SMILES string of the molecule is O=C(Cn1ccc2c(OCCCN(Cc3cccc(C(F)(F)F)c3Cl)CC(c3ccccc3)c3ccccc3)cccc21)N1CCCC1. The highest BCUT2D eigenvalue weighted by Crippen LogP contribution is 2.37. The summed E-state index contributed by atoms with van der Waals surface area (Å²) in [6.45, 7) is 3.74. The van der Waals surface area contributed by atoms with Gasteiger partial charge in [0.2, 0.25) is 5.91 Å². The van der Waals surface area contributed by atoms with Crippen molar-refractivity contribution in [2.24, 2.45) is 0 Å². The van der Waals surface area contributed by atoms with E-state index >= 15 is 0 Å². The average molecular weight is 674 g/mol. The van der Waals surface area contributed by atoms with E-state index in [4.69, 9.17) is 16.3 Å². The van der Waals surface area contributed by atoms with Crippen molar-refractivity contribution in [2.45, 2.75) is 44.4 Å². The molecule has 1 amide bonds. The van der Waals surface area contributed by atoms with Crippen molar-refractivity contribution < 1.29 is 22.7 Å². The summed E-state index contributed by atoms with van der Waals surface area (Å²) in [5.74, 6) is 0.857. The van der Waals surface area contributed by atoms with Crippen LogP contribution in [-0.2, 0) is 24.1 Å². The molecule has 1 saturated heterocycles. The van der Waals surface area contributed by atoms with Crippen molar-refractivity contribution in [3.8, 4) is 5.75 Å². The number of rotatable bonds is 13. The number of aromatic nitrogens is 1. The highest BCUT2D eigenvalue weighted by atomic mass is 35.5. The van der Waals surface area contributed by atoms with E-state index in [1.54, 1.807) is 6.07 Å². The van der Waals surface area contributed by atoms with E-state index in [2.05, 4.69) is 29.2 Å². The summed E-state index contributed by atoms with van der Waals surface area (Å²) in [5.41, 5.74) is 2.80. The van der Waals surface area contributed by atoms with Gasteiger partial charge < -0.3 is 14.2 Å². The maximum absolute atomic E-state index is 13.7. The molecule has 1 aromatic heterocycles. The lowest BCUT2D eigenvalue weighted by atomic mass is 9.90. The molecule has 250 valence electrons. The summed E-state index contributed by atoms with van der Waals surface area (Å²) in [5, 5.41) is 0.675. The minimum atomic E-state index is -4.54. The summed E-state index contributed by atoms with van der Waals surface area (Å²) in [6.07, 6.45) is 0.139. The van der Waals surface area contributed by atoms with Gasteiger partial charge in [-0.15, -0.1) is 0 Å². The summed E-state index contributed by atoms with van der Waals surface area (Å²) in [6, 6.07) is 32.2. The first kappa shape index (κ1) is 33.6. The van der Waals surface area contributed by atoms with Gasteiger partial charge in [0.25, 0.3) is 0 Å². The lowest BCUT2D eigenvalue weighted by Crippen LogP contribution is -2.31. The van der Waals surface area contributed by atoms with E-state index in [-0.39, 0.29) is 23.4 Å². The first-order chi connectivity index (χ1) is 23.3. The van der Waals surface area contributed by atoms with Gasteiger partial charge in [-0.3, -0.25) is 9.69 Å². The van der Waals surface area contributed by atoms with Crippen LogP contribution < -0.4 is 4.74 Å². The molecule has 0 N–H and O–H groups in total. The molecule has 0 atom stereocenters. The van der Waals surface area contributed by atoms with E-state index < -0.39 is 11.7 Å². The minimum absolute atomic E-state index is 0.00493. The second kappa shape index (κ2) is 15.3. The van der Waals surface area contributed by atoms with Gasteiger partial charge in [-0.05, 0) is 60.2 Å². The van der Waals surface area contributed by atoms with Crippen molar-refractivity contribution in [3.63, 3.8) is 0 Å². The number of benzene rings is 4. The molecule has 9 heteroatoms. The molecule has 48 heavy (non-hydrogen) atoms. The summed E-state index contributed by atoms with van der Waals surface area (Å²) >= 11 is 6.38. The quantitative estimate of drug-likeness (QED) is 0.117. The predicted octanol–water partition coefficient (Wildman–Crippen LogP) is 9.04. The Labute approximate surface area is 284 Å². The molecule has 0 unspecified atom stereocenters. The van der Waals surface area contributed by atoms with Crippen LogP contribution in [0, 0.1) is 0 Å². The zero-order valence-corrected chi connectivity index (χ0v) is 27.5. The number of ether oxygens (including phenoxy) is 1. The van der Waals surface area contributed by atoms with Crippen molar-refractivity contribution >= 4 is 28.4 Å². The molecule has 6 rings (SSSR count). The van der Waals surface area contributed by atoms with E-state index in [0.29, 0.717) is 38.2 Å². The molecular weight excluding hydrogens is 635 g/mol. The van der Waals surface area contributed by atoms with Gasteiger partial charge in [0.1, 0.15) is 12.3 Å². The summed E-state index contributed by atoms with van der Waals surface area (Å²) < 4.78 is 49.5. The number of hydrogen-bond donors (Lipinski definition) is 0. The van der Waals surface area contributed by atoms with Crippen LogP contribution in [0.4, 0.5) is 13.2 Å². The highest BCUT2D eigenvalue weighted by Gasteiger charge is 2.34. The number of halogens is 4. The Morgan fingerprint density at radius 1 is 0.854 bits per heavy atom. The van der Waals surface area contributed by atoms with Crippen LogP contribution in [0.15, 0.2) is 109 Å². The Morgan fingerprint density at radius 2 is 1.52 bits per heavy atom. The Morgan fingerprint density at radius 3 is 2.19 bits per heavy atom. The van der Waals surface area contributed by atoms with Crippen molar-refractivity contribution in [1.29, 1.82) is 0 Å². The summed E-state index contributed by atoms with van der Waals surface area (Å²) in [7, 11) is 0. The van der Waals surface area contributed by atoms with Crippen molar-refractivity contribution in [3.05, 3.63) is 137 Å². The molecule has 4 aromatic carbocycles. The number of carbonyl (C=O) groups excluding carboxylic acids is 1. The standard InChI is InChI=1S/C39H39ClF3N3O2/c40-38-31(16-9-17-34(38)39(41,42)43)26-44(27-33(29-12-3-1-4-13-29)30-14-5-2-6-15-30)21-11-25-48-36-19-10-18-35-32(36)20-24-46(35)28-37(47)45-22-7-8-23-45/h1-6,9-10,12-20,24,33H,7-8,11,21-23,25-28H2. The Bertz CT molecular complexity index is 1760. The van der Waals surface area contributed by atoms with Gasteiger partial charge in [-0.2, -0.15) is 13.2 Å². The number of alkyl halides is 3. The fourth-order valence-corrected chi connectivity index (χ4v) is 6.86. The van der Waals surface area contributed by atoms with Crippen LogP contribution in [0.3, 0.4) is 0 Å². The van der Waals surface area contributed by atoms with Crippen molar-refractivity contribution in [1.82, 2.24) is 14.4 Å². The molecule has 0 radical (unpaired) electrons. The molecule has 0 spiro atoms. The van der Waals surface area contributed by atoms with Crippen molar-refractivity contribution in [2.75, 3.05) is 32.8 Å². The molecule has 1 aliphatic rings. The van der Waals surface area contributed by atoms with Crippen LogP contribution in [0.25, 0.3) is 10.9 Å². The topological polar surface area (TPSA) is 37.7 Å². The molecule has 1 aliphatic heterocycles. The van der Waals surface area contributed by atoms with Crippen LogP contribution in [-0.4, -0.2) is 53.1 Å². The fraction of sp³-hybridized carbons (Fsp3) is 0.308. The normalized spacial score (nSPS) is 13.6. The van der Waals surface area contributed by atoms with E-state index in [9.17, 15) is 18.0 Å². The second-order valence-corrected chi connectivity index (χ2v) is 12.7. The lowest BCUT2D eigenvalue weighted by molar-refractivity contribution is -0.137. The summed E-state index contributed by atoms with van der Waals surface area (Å²) in [4.78, 5) is 16.9. The maximum Gasteiger partial charge on any atom is 0.417 e. The highest BCUT2D eigenvalue weighted by molar-refractivity contribution is 6.32. The van der Waals surface area contributed by atoms with E-state index in [1.807, 2.05) is 76.3 Å². The number of hydrogen-bond acceptors (Lipinski definition) is 3. The maximum atomic E-state index is 13.7. The molecule has 5 nitrogen and oxygen atoms in total. The zero-order chi connectivity index (χ0) is 33.5. The number of carbonyl (C=O) groups is 1. The zero-order valence-electron chi connectivity index (χ0n) is 26.7. The van der Waals surface area contributed by atoms with E-state index in [0.717, 1.165) is 59.8 Å². The third kappa shape index (κ3) is 8.05. The third-order valence-corrected chi connectivity index (χ3v) is 9.48. The van der Waals surface area contributed by atoms with Crippen LogP contribution in [0.1, 0.15) is 47.4 Å². The predicted molar refractivity (Wildman–Crippen MR) is 184 cm³/mol. The number of amides is 1. The Balaban J connectivity index is 1.19. The first-order valence-electron chi connectivity index (χ1n) is 16.4. The Hall–Kier alpha value is -4.27.